The van der Waals surface area contributed by atoms with Crippen molar-refractivity contribution in [2.75, 3.05) is 23.3 Å². The van der Waals surface area contributed by atoms with Crippen molar-refractivity contribution in [3.63, 3.8) is 0 Å². The lowest BCUT2D eigenvalue weighted by Gasteiger charge is -2.33. The summed E-state index contributed by atoms with van der Waals surface area (Å²) in [4.78, 5) is 23.6. The largest absolute Gasteiger partial charge is 0.353 e. The number of amides is 1. The molecule has 28 heavy (non-hydrogen) atoms. The summed E-state index contributed by atoms with van der Waals surface area (Å²) in [6.07, 6.45) is 8.07. The van der Waals surface area contributed by atoms with Gasteiger partial charge in [-0.1, -0.05) is 36.6 Å². The summed E-state index contributed by atoms with van der Waals surface area (Å²) in [6.45, 7) is 1.68. The first kappa shape index (κ1) is 19.0. The van der Waals surface area contributed by atoms with Crippen molar-refractivity contribution in [1.82, 2.24) is 15.3 Å². The molecule has 1 saturated carbocycles. The van der Waals surface area contributed by atoms with Crippen molar-refractivity contribution in [3.8, 4) is 0 Å². The first-order chi connectivity index (χ1) is 13.7. The summed E-state index contributed by atoms with van der Waals surface area (Å²) in [5.74, 6) is 1.90. The summed E-state index contributed by atoms with van der Waals surface area (Å²) in [5, 5.41) is 7.15. The Balaban J connectivity index is 1.33. The van der Waals surface area contributed by atoms with Crippen LogP contribution in [0.5, 0.6) is 0 Å². The van der Waals surface area contributed by atoms with E-state index in [9.17, 15) is 4.79 Å². The van der Waals surface area contributed by atoms with Gasteiger partial charge < -0.3 is 15.5 Å². The van der Waals surface area contributed by atoms with Gasteiger partial charge in [0.15, 0.2) is 0 Å². The smallest absolute Gasteiger partial charge is 0.227 e. The van der Waals surface area contributed by atoms with Crippen LogP contribution in [0.15, 0.2) is 36.5 Å². The number of hydrogen-bond acceptors (Lipinski definition) is 5. The molecule has 0 atom stereocenters. The van der Waals surface area contributed by atoms with Crippen molar-refractivity contribution >= 4 is 35.0 Å². The second kappa shape index (κ2) is 8.78. The molecule has 2 aliphatic rings. The summed E-state index contributed by atoms with van der Waals surface area (Å²) in [7, 11) is 0. The van der Waals surface area contributed by atoms with E-state index >= 15 is 0 Å². The molecule has 1 aliphatic heterocycles. The lowest BCUT2D eigenvalue weighted by molar-refractivity contribution is -0.125. The minimum Gasteiger partial charge on any atom is -0.353 e. The third kappa shape index (κ3) is 4.55. The molecule has 0 spiro atoms. The van der Waals surface area contributed by atoms with E-state index in [4.69, 9.17) is 11.6 Å². The topological polar surface area (TPSA) is 70.2 Å². The van der Waals surface area contributed by atoms with Crippen LogP contribution >= 0.6 is 11.6 Å². The minimum atomic E-state index is 0.230. The summed E-state index contributed by atoms with van der Waals surface area (Å²) < 4.78 is 0. The molecule has 6 nitrogen and oxygen atoms in total. The molecular weight excluding hydrogens is 374 g/mol. The zero-order valence-electron chi connectivity index (χ0n) is 15.9. The third-order valence-electron chi connectivity index (χ3n) is 5.63. The molecule has 0 radical (unpaired) electrons. The van der Waals surface area contributed by atoms with Gasteiger partial charge >= 0.3 is 0 Å². The van der Waals surface area contributed by atoms with Crippen LogP contribution in [-0.4, -0.2) is 35.0 Å². The van der Waals surface area contributed by atoms with Crippen molar-refractivity contribution in [2.24, 2.45) is 5.92 Å². The van der Waals surface area contributed by atoms with Gasteiger partial charge in [-0.15, -0.1) is 0 Å². The van der Waals surface area contributed by atoms with E-state index in [2.05, 4.69) is 25.5 Å². The van der Waals surface area contributed by atoms with Crippen LogP contribution in [0.1, 0.15) is 38.5 Å². The Morgan fingerprint density at radius 1 is 1.07 bits per heavy atom. The van der Waals surface area contributed by atoms with Gasteiger partial charge in [0.2, 0.25) is 11.9 Å². The maximum atomic E-state index is 12.3. The Labute approximate surface area is 170 Å². The molecule has 7 heteroatoms. The first-order valence-electron chi connectivity index (χ1n) is 10.1. The van der Waals surface area contributed by atoms with Gasteiger partial charge in [0, 0.05) is 31.2 Å². The molecule has 0 unspecified atom stereocenters. The standard InChI is InChI=1S/C21H26ClN5O/c22-17-7-3-4-8-18(17)25-19-9-12-23-21(26-19)27-13-10-16(11-14-27)24-20(28)15-5-1-2-6-15/h3-4,7-9,12,15-16H,1-2,5-6,10-11,13-14H2,(H,24,28)(H,23,25,26). The maximum absolute atomic E-state index is 12.3. The summed E-state index contributed by atoms with van der Waals surface area (Å²) in [5.41, 5.74) is 0.821. The predicted molar refractivity (Wildman–Crippen MR) is 112 cm³/mol. The van der Waals surface area contributed by atoms with E-state index in [0.29, 0.717) is 11.0 Å². The van der Waals surface area contributed by atoms with Crippen molar-refractivity contribution < 1.29 is 4.79 Å². The number of piperidine rings is 1. The highest BCUT2D eigenvalue weighted by Crippen LogP contribution is 2.26. The molecule has 1 amide bonds. The van der Waals surface area contributed by atoms with Crippen LogP contribution in [-0.2, 0) is 4.79 Å². The number of benzene rings is 1. The Hall–Kier alpha value is -2.34. The maximum Gasteiger partial charge on any atom is 0.227 e. The number of anilines is 3. The number of aromatic nitrogens is 2. The number of carbonyl (C=O) groups is 1. The Morgan fingerprint density at radius 3 is 2.57 bits per heavy atom. The van der Waals surface area contributed by atoms with E-state index in [0.717, 1.165) is 50.3 Å². The number of carbonyl (C=O) groups excluding carboxylic acids is 1. The fourth-order valence-corrected chi connectivity index (χ4v) is 4.18. The molecule has 1 aromatic carbocycles. The molecule has 1 saturated heterocycles. The van der Waals surface area contributed by atoms with E-state index in [1.165, 1.54) is 12.8 Å². The summed E-state index contributed by atoms with van der Waals surface area (Å²) >= 11 is 6.22. The Bertz CT molecular complexity index is 816. The zero-order valence-corrected chi connectivity index (χ0v) is 16.7. The molecule has 2 fully saturated rings. The molecular formula is C21H26ClN5O. The predicted octanol–water partition coefficient (Wildman–Crippen LogP) is 4.15. The quantitative estimate of drug-likeness (QED) is 0.790. The zero-order chi connectivity index (χ0) is 19.3. The Morgan fingerprint density at radius 2 is 1.82 bits per heavy atom. The molecule has 148 valence electrons. The average Bonchev–Trinajstić information content (AvgIpc) is 3.26. The van der Waals surface area contributed by atoms with Gasteiger partial charge in [-0.25, -0.2) is 4.98 Å². The number of halogens is 1. The van der Waals surface area contributed by atoms with Crippen LogP contribution in [0.4, 0.5) is 17.5 Å². The van der Waals surface area contributed by atoms with Gasteiger partial charge in [-0.05, 0) is 43.9 Å². The van der Waals surface area contributed by atoms with Gasteiger partial charge in [0.1, 0.15) is 5.82 Å². The minimum absolute atomic E-state index is 0.230. The molecule has 2 N–H and O–H groups in total. The highest BCUT2D eigenvalue weighted by atomic mass is 35.5. The molecule has 0 bridgehead atoms. The highest BCUT2D eigenvalue weighted by molar-refractivity contribution is 6.33. The molecule has 4 rings (SSSR count). The number of nitrogens with zero attached hydrogens (tertiary/aromatic N) is 3. The number of para-hydroxylation sites is 1. The SMILES string of the molecule is O=C(NC1CCN(c2nccc(Nc3ccccc3Cl)n2)CC1)C1CCCC1. The molecule has 1 aromatic heterocycles. The van der Waals surface area contributed by atoms with Crippen LogP contribution < -0.4 is 15.5 Å². The normalized spacial score (nSPS) is 18.2. The van der Waals surface area contributed by atoms with Crippen molar-refractivity contribution in [3.05, 3.63) is 41.6 Å². The third-order valence-corrected chi connectivity index (χ3v) is 5.96. The fourth-order valence-electron chi connectivity index (χ4n) is 4.00. The molecule has 1 aliphatic carbocycles. The fraction of sp³-hybridized carbons (Fsp3) is 0.476. The van der Waals surface area contributed by atoms with Crippen LogP contribution in [0.3, 0.4) is 0 Å². The monoisotopic (exact) mass is 399 g/mol. The Kier molecular flexibility index (Phi) is 5.95. The van der Waals surface area contributed by atoms with Crippen molar-refractivity contribution in [2.45, 2.75) is 44.6 Å². The average molecular weight is 400 g/mol. The lowest BCUT2D eigenvalue weighted by Crippen LogP contribution is -2.46. The van der Waals surface area contributed by atoms with Gasteiger partial charge in [0.05, 0.1) is 10.7 Å². The van der Waals surface area contributed by atoms with Crippen molar-refractivity contribution in [1.29, 1.82) is 0 Å². The van der Waals surface area contributed by atoms with Crippen LogP contribution in [0.2, 0.25) is 5.02 Å². The van der Waals surface area contributed by atoms with Gasteiger partial charge in [-0.2, -0.15) is 4.98 Å². The van der Waals surface area contributed by atoms with E-state index in [1.807, 2.05) is 30.3 Å². The van der Waals surface area contributed by atoms with E-state index in [1.54, 1.807) is 6.20 Å². The van der Waals surface area contributed by atoms with Crippen LogP contribution in [0.25, 0.3) is 0 Å². The number of nitrogens with one attached hydrogen (secondary N) is 2. The molecule has 2 aromatic rings. The van der Waals surface area contributed by atoms with Crippen LogP contribution in [0, 0.1) is 5.92 Å². The van der Waals surface area contributed by atoms with E-state index in [-0.39, 0.29) is 17.9 Å². The first-order valence-corrected chi connectivity index (χ1v) is 10.5. The number of rotatable bonds is 5. The summed E-state index contributed by atoms with van der Waals surface area (Å²) in [6, 6.07) is 9.68. The molecule has 2 heterocycles. The number of hydrogen-bond donors (Lipinski definition) is 2. The second-order valence-corrected chi connectivity index (χ2v) is 8.01. The lowest BCUT2D eigenvalue weighted by atomic mass is 10.0. The second-order valence-electron chi connectivity index (χ2n) is 7.60. The van der Waals surface area contributed by atoms with Gasteiger partial charge in [-0.3, -0.25) is 4.79 Å². The highest BCUT2D eigenvalue weighted by Gasteiger charge is 2.27. The van der Waals surface area contributed by atoms with Gasteiger partial charge in [0.25, 0.3) is 0 Å². The van der Waals surface area contributed by atoms with E-state index < -0.39 is 0 Å².